The summed E-state index contributed by atoms with van der Waals surface area (Å²) in [5.74, 6) is 1.07. The van der Waals surface area contributed by atoms with Gasteiger partial charge in [-0.2, -0.15) is 5.10 Å². The average Bonchev–Trinajstić information content (AvgIpc) is 2.83. The van der Waals surface area contributed by atoms with Crippen LogP contribution in [0.15, 0.2) is 88.4 Å². The number of methoxy groups -OCH3 is 1. The van der Waals surface area contributed by atoms with E-state index in [1.807, 2.05) is 36.4 Å². The lowest BCUT2D eigenvalue weighted by Crippen LogP contribution is -2.17. The fourth-order valence-electron chi connectivity index (χ4n) is 3.24. The summed E-state index contributed by atoms with van der Waals surface area (Å²) in [7, 11) is 1.57. The number of fused-ring (bicyclic) bond motifs is 1. The van der Waals surface area contributed by atoms with E-state index in [1.165, 1.54) is 10.8 Å². The van der Waals surface area contributed by atoms with Gasteiger partial charge in [-0.1, -0.05) is 36.4 Å². The molecule has 4 aromatic carbocycles. The summed E-state index contributed by atoms with van der Waals surface area (Å²) in [4.78, 5) is 12.3. The maximum atomic E-state index is 12.3. The van der Waals surface area contributed by atoms with Crippen molar-refractivity contribution in [1.82, 2.24) is 5.43 Å². The van der Waals surface area contributed by atoms with Gasteiger partial charge in [0.05, 0.1) is 21.4 Å². The summed E-state index contributed by atoms with van der Waals surface area (Å²) in [6.45, 7) is 0.465. The third-order valence-electron chi connectivity index (χ3n) is 4.96. The van der Waals surface area contributed by atoms with E-state index in [9.17, 15) is 4.79 Å². The van der Waals surface area contributed by atoms with E-state index in [0.717, 1.165) is 24.9 Å². The SMILES string of the molecule is COc1cc(C(=O)N/N=C\c2ccc(OCc3ccc4ccccc4c3)c(Br)c2)ccc1I. The summed E-state index contributed by atoms with van der Waals surface area (Å²) < 4.78 is 13.0. The van der Waals surface area contributed by atoms with Crippen molar-refractivity contribution in [3.63, 3.8) is 0 Å². The lowest BCUT2D eigenvalue weighted by Gasteiger charge is -2.10. The maximum absolute atomic E-state index is 12.3. The number of carbonyl (C=O) groups excluding carboxylic acids is 1. The maximum Gasteiger partial charge on any atom is 0.271 e. The highest BCUT2D eigenvalue weighted by molar-refractivity contribution is 14.1. The third kappa shape index (κ3) is 5.91. The smallest absolute Gasteiger partial charge is 0.271 e. The van der Waals surface area contributed by atoms with Crippen LogP contribution in [-0.2, 0) is 6.61 Å². The number of hydrogen-bond donors (Lipinski definition) is 1. The molecule has 0 bridgehead atoms. The Morgan fingerprint density at radius 3 is 2.61 bits per heavy atom. The molecule has 0 aromatic heterocycles. The Morgan fingerprint density at radius 1 is 1.00 bits per heavy atom. The Balaban J connectivity index is 1.36. The predicted molar refractivity (Wildman–Crippen MR) is 143 cm³/mol. The molecule has 0 spiro atoms. The molecule has 5 nitrogen and oxygen atoms in total. The molecule has 0 radical (unpaired) electrons. The first-order valence-electron chi connectivity index (χ1n) is 10.1. The first-order chi connectivity index (χ1) is 16.0. The van der Waals surface area contributed by atoms with Crippen LogP contribution in [-0.4, -0.2) is 19.2 Å². The number of rotatable bonds is 7. The quantitative estimate of drug-likeness (QED) is 0.146. The number of carbonyl (C=O) groups is 1. The van der Waals surface area contributed by atoms with Gasteiger partial charge in [0.2, 0.25) is 0 Å². The monoisotopic (exact) mass is 614 g/mol. The van der Waals surface area contributed by atoms with E-state index in [-0.39, 0.29) is 5.91 Å². The van der Waals surface area contributed by atoms with Gasteiger partial charge in [-0.25, -0.2) is 5.43 Å². The molecule has 1 N–H and O–H groups in total. The van der Waals surface area contributed by atoms with Crippen LogP contribution in [0.25, 0.3) is 10.8 Å². The largest absolute Gasteiger partial charge is 0.496 e. The number of nitrogens with zero attached hydrogens (tertiary/aromatic N) is 1. The van der Waals surface area contributed by atoms with Crippen LogP contribution < -0.4 is 14.9 Å². The highest BCUT2D eigenvalue weighted by Crippen LogP contribution is 2.27. The molecule has 0 aliphatic carbocycles. The van der Waals surface area contributed by atoms with Gasteiger partial charge in [-0.05, 0) is 103 Å². The Morgan fingerprint density at radius 2 is 1.82 bits per heavy atom. The summed E-state index contributed by atoms with van der Waals surface area (Å²) in [5.41, 5.74) is 4.93. The lowest BCUT2D eigenvalue weighted by molar-refractivity contribution is 0.0954. The molecule has 0 fully saturated rings. The Bertz CT molecular complexity index is 1340. The van der Waals surface area contributed by atoms with Crippen LogP contribution in [0.1, 0.15) is 21.5 Å². The minimum atomic E-state index is -0.310. The van der Waals surface area contributed by atoms with Crippen molar-refractivity contribution in [3.8, 4) is 11.5 Å². The van der Waals surface area contributed by atoms with Gasteiger partial charge in [0.25, 0.3) is 5.91 Å². The topological polar surface area (TPSA) is 59.9 Å². The fraction of sp³-hybridized carbons (Fsp3) is 0.0769. The average molecular weight is 615 g/mol. The van der Waals surface area contributed by atoms with Crippen LogP contribution in [0.5, 0.6) is 11.5 Å². The number of nitrogens with one attached hydrogen (secondary N) is 1. The standard InChI is InChI=1S/C26H20BrIN2O3/c1-32-25-14-21(9-10-23(25)28)26(31)30-29-15-17-7-11-24(22(27)13-17)33-16-18-6-8-19-4-2-3-5-20(19)12-18/h2-15H,16H2,1H3,(H,30,31)/b29-15-. The highest BCUT2D eigenvalue weighted by atomic mass is 127. The Labute approximate surface area is 214 Å². The predicted octanol–water partition coefficient (Wildman–Crippen LogP) is 6.56. The first-order valence-corrected chi connectivity index (χ1v) is 12.0. The second kappa shape index (κ2) is 10.8. The third-order valence-corrected chi connectivity index (χ3v) is 6.47. The minimum Gasteiger partial charge on any atom is -0.496 e. The van der Waals surface area contributed by atoms with Gasteiger partial charge < -0.3 is 9.47 Å². The minimum absolute atomic E-state index is 0.310. The molecule has 0 saturated heterocycles. The molecular weight excluding hydrogens is 595 g/mol. The zero-order chi connectivity index (χ0) is 23.2. The molecule has 4 aromatic rings. The van der Waals surface area contributed by atoms with Crippen molar-refractivity contribution in [3.05, 3.63) is 104 Å². The van der Waals surface area contributed by atoms with Gasteiger partial charge in [0, 0.05) is 5.56 Å². The molecule has 4 rings (SSSR count). The molecule has 0 atom stereocenters. The van der Waals surface area contributed by atoms with Crippen LogP contribution in [0.4, 0.5) is 0 Å². The van der Waals surface area contributed by atoms with Gasteiger partial charge in [-0.15, -0.1) is 0 Å². The van der Waals surface area contributed by atoms with Gasteiger partial charge in [0.1, 0.15) is 18.1 Å². The molecular formula is C26H20BrIN2O3. The second-order valence-corrected chi connectivity index (χ2v) is 9.23. The van der Waals surface area contributed by atoms with Crippen LogP contribution in [0, 0.1) is 3.57 Å². The highest BCUT2D eigenvalue weighted by Gasteiger charge is 2.08. The van der Waals surface area contributed by atoms with Crippen molar-refractivity contribution >= 4 is 61.4 Å². The molecule has 7 heteroatoms. The molecule has 0 saturated carbocycles. The summed E-state index contributed by atoms with van der Waals surface area (Å²) >= 11 is 5.71. The molecule has 1 amide bonds. The van der Waals surface area contributed by atoms with Gasteiger partial charge >= 0.3 is 0 Å². The van der Waals surface area contributed by atoms with Crippen LogP contribution in [0.3, 0.4) is 0 Å². The second-order valence-electron chi connectivity index (χ2n) is 7.21. The Hall–Kier alpha value is -2.91. The van der Waals surface area contributed by atoms with E-state index in [1.54, 1.807) is 25.5 Å². The molecule has 166 valence electrons. The van der Waals surface area contributed by atoms with E-state index in [2.05, 4.69) is 79.4 Å². The first kappa shape index (κ1) is 23.3. The Kier molecular flexibility index (Phi) is 7.61. The number of ether oxygens (including phenoxy) is 2. The van der Waals surface area contributed by atoms with E-state index >= 15 is 0 Å². The van der Waals surface area contributed by atoms with Crippen LogP contribution >= 0.6 is 38.5 Å². The van der Waals surface area contributed by atoms with Gasteiger partial charge in [-0.3, -0.25) is 4.79 Å². The summed E-state index contributed by atoms with van der Waals surface area (Å²) in [6.07, 6.45) is 1.58. The number of benzene rings is 4. The molecule has 0 aliphatic rings. The number of hydrogen-bond acceptors (Lipinski definition) is 4. The number of hydrazone groups is 1. The lowest BCUT2D eigenvalue weighted by atomic mass is 10.1. The molecule has 33 heavy (non-hydrogen) atoms. The zero-order valence-corrected chi connectivity index (χ0v) is 21.5. The normalized spacial score (nSPS) is 11.0. The zero-order valence-electron chi connectivity index (χ0n) is 17.7. The van der Waals surface area contributed by atoms with Crippen molar-refractivity contribution < 1.29 is 14.3 Å². The van der Waals surface area contributed by atoms with E-state index in [4.69, 9.17) is 9.47 Å². The molecule has 0 heterocycles. The molecule has 0 aliphatic heterocycles. The number of amides is 1. The van der Waals surface area contributed by atoms with Crippen molar-refractivity contribution in [2.24, 2.45) is 5.10 Å². The van der Waals surface area contributed by atoms with Crippen LogP contribution in [0.2, 0.25) is 0 Å². The number of halogens is 2. The van der Waals surface area contributed by atoms with Crippen molar-refractivity contribution in [1.29, 1.82) is 0 Å². The fourth-order valence-corrected chi connectivity index (χ4v) is 4.30. The van der Waals surface area contributed by atoms with E-state index < -0.39 is 0 Å². The molecule has 0 unspecified atom stereocenters. The summed E-state index contributed by atoms with van der Waals surface area (Å²) in [6, 6.07) is 25.4. The van der Waals surface area contributed by atoms with Crippen molar-refractivity contribution in [2.75, 3.05) is 7.11 Å². The van der Waals surface area contributed by atoms with Gasteiger partial charge in [0.15, 0.2) is 0 Å². The van der Waals surface area contributed by atoms with E-state index in [0.29, 0.717) is 17.9 Å². The van der Waals surface area contributed by atoms with Crippen molar-refractivity contribution in [2.45, 2.75) is 6.61 Å². The summed E-state index contributed by atoms with van der Waals surface area (Å²) in [5, 5.41) is 6.46.